The van der Waals surface area contributed by atoms with Crippen LogP contribution in [0.3, 0.4) is 0 Å². The molecule has 1 aromatic heterocycles. The standard InChI is InChI=1S/C18H24ClN3O/c1-4-22(5-2)12-15-9-7-6-8-14(15)11-20-18(23)17-10-16(19)13-21(17)3/h6-10,13H,4-5,11-12H2,1-3H3,(H,20,23). The van der Waals surface area contributed by atoms with Crippen molar-refractivity contribution in [3.05, 3.63) is 58.4 Å². The highest BCUT2D eigenvalue weighted by Gasteiger charge is 2.12. The van der Waals surface area contributed by atoms with Crippen molar-refractivity contribution in [2.24, 2.45) is 7.05 Å². The number of aromatic nitrogens is 1. The van der Waals surface area contributed by atoms with Gasteiger partial charge in [-0.05, 0) is 30.3 Å². The number of halogens is 1. The Morgan fingerprint density at radius 1 is 1.22 bits per heavy atom. The Hall–Kier alpha value is -1.78. The molecule has 0 saturated carbocycles. The molecule has 1 amide bonds. The van der Waals surface area contributed by atoms with Crippen LogP contribution in [0.2, 0.25) is 5.02 Å². The Morgan fingerprint density at radius 2 is 1.87 bits per heavy atom. The van der Waals surface area contributed by atoms with Gasteiger partial charge in [0.2, 0.25) is 0 Å². The zero-order valence-electron chi connectivity index (χ0n) is 14.0. The number of carbonyl (C=O) groups excluding carboxylic acids is 1. The number of hydrogen-bond acceptors (Lipinski definition) is 2. The van der Waals surface area contributed by atoms with Crippen LogP contribution in [0.25, 0.3) is 0 Å². The number of amides is 1. The second-order valence-electron chi connectivity index (χ2n) is 5.57. The number of nitrogens with zero attached hydrogens (tertiary/aromatic N) is 2. The van der Waals surface area contributed by atoms with Gasteiger partial charge in [-0.25, -0.2) is 0 Å². The van der Waals surface area contributed by atoms with Gasteiger partial charge in [0.25, 0.3) is 5.91 Å². The maximum atomic E-state index is 12.3. The molecule has 0 bridgehead atoms. The van der Waals surface area contributed by atoms with Crippen molar-refractivity contribution in [1.82, 2.24) is 14.8 Å². The third kappa shape index (κ3) is 4.60. The van der Waals surface area contributed by atoms with Crippen molar-refractivity contribution in [3.63, 3.8) is 0 Å². The zero-order valence-corrected chi connectivity index (χ0v) is 14.7. The summed E-state index contributed by atoms with van der Waals surface area (Å²) in [5.41, 5.74) is 2.96. The number of carbonyl (C=O) groups is 1. The minimum absolute atomic E-state index is 0.114. The van der Waals surface area contributed by atoms with E-state index in [9.17, 15) is 4.79 Å². The normalized spacial score (nSPS) is 11.0. The van der Waals surface area contributed by atoms with Crippen molar-refractivity contribution < 1.29 is 4.79 Å². The molecular formula is C18H24ClN3O. The predicted octanol–water partition coefficient (Wildman–Crippen LogP) is 3.45. The van der Waals surface area contributed by atoms with Crippen molar-refractivity contribution in [1.29, 1.82) is 0 Å². The highest BCUT2D eigenvalue weighted by molar-refractivity contribution is 6.31. The summed E-state index contributed by atoms with van der Waals surface area (Å²) in [6.45, 7) is 7.76. The lowest BCUT2D eigenvalue weighted by Crippen LogP contribution is -2.27. The minimum Gasteiger partial charge on any atom is -0.347 e. The van der Waals surface area contributed by atoms with Gasteiger partial charge in [0.05, 0.1) is 5.02 Å². The molecule has 0 aliphatic heterocycles. The van der Waals surface area contributed by atoms with Crippen LogP contribution in [0.1, 0.15) is 35.5 Å². The first kappa shape index (κ1) is 17.6. The van der Waals surface area contributed by atoms with Gasteiger partial charge in [-0.15, -0.1) is 0 Å². The number of benzene rings is 1. The molecule has 124 valence electrons. The summed E-state index contributed by atoms with van der Waals surface area (Å²) in [4.78, 5) is 14.7. The van der Waals surface area contributed by atoms with Gasteiger partial charge in [0, 0.05) is 26.3 Å². The van der Waals surface area contributed by atoms with E-state index in [-0.39, 0.29) is 5.91 Å². The van der Waals surface area contributed by atoms with Gasteiger partial charge in [0.15, 0.2) is 0 Å². The van der Waals surface area contributed by atoms with Crippen molar-refractivity contribution >= 4 is 17.5 Å². The molecule has 0 saturated heterocycles. The number of nitrogens with one attached hydrogen (secondary N) is 1. The fourth-order valence-corrected chi connectivity index (χ4v) is 2.84. The largest absolute Gasteiger partial charge is 0.347 e. The molecule has 23 heavy (non-hydrogen) atoms. The first-order chi connectivity index (χ1) is 11.0. The monoisotopic (exact) mass is 333 g/mol. The molecule has 0 aliphatic rings. The van der Waals surface area contributed by atoms with E-state index in [4.69, 9.17) is 11.6 Å². The van der Waals surface area contributed by atoms with E-state index in [1.54, 1.807) is 16.8 Å². The Bertz CT molecular complexity index is 662. The maximum Gasteiger partial charge on any atom is 0.268 e. The van der Waals surface area contributed by atoms with E-state index in [2.05, 4.69) is 36.2 Å². The van der Waals surface area contributed by atoms with E-state index in [0.717, 1.165) is 25.2 Å². The zero-order chi connectivity index (χ0) is 16.8. The fourth-order valence-electron chi connectivity index (χ4n) is 2.59. The molecule has 5 heteroatoms. The molecule has 1 heterocycles. The molecule has 2 aromatic rings. The van der Waals surface area contributed by atoms with E-state index >= 15 is 0 Å². The lowest BCUT2D eigenvalue weighted by molar-refractivity contribution is 0.0942. The first-order valence-electron chi connectivity index (χ1n) is 7.94. The second-order valence-corrected chi connectivity index (χ2v) is 6.00. The molecular weight excluding hydrogens is 310 g/mol. The lowest BCUT2D eigenvalue weighted by atomic mass is 10.1. The van der Waals surface area contributed by atoms with Crippen LogP contribution in [0.5, 0.6) is 0 Å². The van der Waals surface area contributed by atoms with Crippen LogP contribution in [0.15, 0.2) is 36.5 Å². The average Bonchev–Trinajstić information content (AvgIpc) is 2.89. The number of rotatable bonds is 7. The Balaban J connectivity index is 2.06. The summed E-state index contributed by atoms with van der Waals surface area (Å²) in [7, 11) is 1.81. The third-order valence-corrected chi connectivity index (χ3v) is 4.26. The van der Waals surface area contributed by atoms with Crippen LogP contribution in [-0.2, 0) is 20.1 Å². The minimum atomic E-state index is -0.114. The molecule has 0 spiro atoms. The highest BCUT2D eigenvalue weighted by Crippen LogP contribution is 2.14. The smallest absolute Gasteiger partial charge is 0.268 e. The highest BCUT2D eigenvalue weighted by atomic mass is 35.5. The molecule has 4 nitrogen and oxygen atoms in total. The van der Waals surface area contributed by atoms with E-state index in [0.29, 0.717) is 17.3 Å². The lowest BCUT2D eigenvalue weighted by Gasteiger charge is -2.20. The van der Waals surface area contributed by atoms with Crippen molar-refractivity contribution in [3.8, 4) is 0 Å². The molecule has 0 atom stereocenters. The van der Waals surface area contributed by atoms with Crippen molar-refractivity contribution in [2.45, 2.75) is 26.9 Å². The van der Waals surface area contributed by atoms with Gasteiger partial charge < -0.3 is 9.88 Å². The summed E-state index contributed by atoms with van der Waals surface area (Å²) in [6, 6.07) is 9.92. The summed E-state index contributed by atoms with van der Waals surface area (Å²) in [6.07, 6.45) is 1.73. The quantitative estimate of drug-likeness (QED) is 0.842. The van der Waals surface area contributed by atoms with Gasteiger partial charge in [-0.3, -0.25) is 9.69 Å². The van der Waals surface area contributed by atoms with Crippen LogP contribution < -0.4 is 5.32 Å². The van der Waals surface area contributed by atoms with Gasteiger partial charge in [0.1, 0.15) is 5.69 Å². The molecule has 0 unspecified atom stereocenters. The second kappa shape index (κ2) is 8.18. The van der Waals surface area contributed by atoms with Gasteiger partial charge in [-0.1, -0.05) is 49.7 Å². The Morgan fingerprint density at radius 3 is 2.43 bits per heavy atom. The summed E-state index contributed by atoms with van der Waals surface area (Å²) < 4.78 is 1.74. The molecule has 0 radical (unpaired) electrons. The Labute approximate surface area is 143 Å². The van der Waals surface area contributed by atoms with Crippen molar-refractivity contribution in [2.75, 3.05) is 13.1 Å². The third-order valence-electron chi connectivity index (χ3n) is 4.05. The molecule has 0 fully saturated rings. The molecule has 1 N–H and O–H groups in total. The average molecular weight is 334 g/mol. The summed E-state index contributed by atoms with van der Waals surface area (Å²) in [5, 5.41) is 3.55. The number of hydrogen-bond donors (Lipinski definition) is 1. The predicted molar refractivity (Wildman–Crippen MR) is 94.7 cm³/mol. The van der Waals surface area contributed by atoms with Crippen LogP contribution in [-0.4, -0.2) is 28.5 Å². The van der Waals surface area contributed by atoms with E-state index < -0.39 is 0 Å². The molecule has 1 aromatic carbocycles. The van der Waals surface area contributed by atoms with Crippen LogP contribution >= 0.6 is 11.6 Å². The molecule has 2 rings (SSSR count). The summed E-state index contributed by atoms with van der Waals surface area (Å²) >= 11 is 5.94. The SMILES string of the molecule is CCN(CC)Cc1ccccc1CNC(=O)c1cc(Cl)cn1C. The molecule has 0 aliphatic carbocycles. The number of aryl methyl sites for hydroxylation is 1. The fraction of sp³-hybridized carbons (Fsp3) is 0.389. The first-order valence-corrected chi connectivity index (χ1v) is 8.32. The summed E-state index contributed by atoms with van der Waals surface area (Å²) in [5.74, 6) is -0.114. The van der Waals surface area contributed by atoms with Gasteiger partial charge in [-0.2, -0.15) is 0 Å². The van der Waals surface area contributed by atoms with E-state index in [1.165, 1.54) is 5.56 Å². The maximum absolute atomic E-state index is 12.3. The van der Waals surface area contributed by atoms with E-state index in [1.807, 2.05) is 19.2 Å². The van der Waals surface area contributed by atoms with Crippen LogP contribution in [0, 0.1) is 0 Å². The topological polar surface area (TPSA) is 37.3 Å². The van der Waals surface area contributed by atoms with Gasteiger partial charge >= 0.3 is 0 Å². The Kier molecular flexibility index (Phi) is 6.25. The van der Waals surface area contributed by atoms with Crippen LogP contribution in [0.4, 0.5) is 0 Å².